The topological polar surface area (TPSA) is 91.3 Å². The van der Waals surface area contributed by atoms with Gasteiger partial charge in [-0.25, -0.2) is 13.8 Å². The minimum Gasteiger partial charge on any atom is -0.337 e. The minimum atomic E-state index is -5.05. The Kier molecular flexibility index (Phi) is 6.58. The summed E-state index contributed by atoms with van der Waals surface area (Å²) in [4.78, 5) is 31.8. The molecule has 3 aromatic rings. The lowest BCUT2D eigenvalue weighted by molar-refractivity contribution is -0.138. The van der Waals surface area contributed by atoms with Crippen LogP contribution in [0, 0.1) is 11.6 Å². The molecular formula is C22H17F5N6O2. The highest BCUT2D eigenvalue weighted by Gasteiger charge is 2.38. The monoisotopic (exact) mass is 492 g/mol. The molecule has 1 N–H and O–H groups in total. The lowest BCUT2D eigenvalue weighted by Crippen LogP contribution is -2.48. The van der Waals surface area contributed by atoms with Crippen LogP contribution in [-0.2, 0) is 6.18 Å². The molecule has 0 radical (unpaired) electrons. The van der Waals surface area contributed by atoms with E-state index >= 15 is 0 Å². The maximum absolute atomic E-state index is 13.7. The number of amides is 2. The molecule has 4 rings (SSSR count). The van der Waals surface area contributed by atoms with Gasteiger partial charge < -0.3 is 15.1 Å². The third-order valence-electron chi connectivity index (χ3n) is 5.19. The number of carbonyl (C=O) groups is 2. The number of alkyl halides is 3. The van der Waals surface area contributed by atoms with Crippen molar-refractivity contribution in [2.45, 2.75) is 12.6 Å². The van der Waals surface area contributed by atoms with Crippen LogP contribution in [0.1, 0.15) is 32.8 Å². The second-order valence-corrected chi connectivity index (χ2v) is 7.58. The summed E-state index contributed by atoms with van der Waals surface area (Å²) in [5, 5.41) is 10.4. The van der Waals surface area contributed by atoms with Gasteiger partial charge in [0.05, 0.1) is 17.8 Å². The summed E-state index contributed by atoms with van der Waals surface area (Å²) < 4.78 is 67.1. The molecule has 1 aromatic carbocycles. The van der Waals surface area contributed by atoms with E-state index in [4.69, 9.17) is 0 Å². The number of benzene rings is 1. The summed E-state index contributed by atoms with van der Waals surface area (Å²) >= 11 is 0. The molecule has 1 saturated heterocycles. The molecule has 0 aliphatic carbocycles. The Morgan fingerprint density at radius 1 is 0.971 bits per heavy atom. The third kappa shape index (κ3) is 5.34. The van der Waals surface area contributed by atoms with E-state index in [1.807, 2.05) is 0 Å². The van der Waals surface area contributed by atoms with Crippen molar-refractivity contribution in [3.8, 4) is 0 Å². The molecule has 1 fully saturated rings. The first-order valence-corrected chi connectivity index (χ1v) is 10.3. The second kappa shape index (κ2) is 9.60. The van der Waals surface area contributed by atoms with Crippen molar-refractivity contribution in [3.05, 3.63) is 77.1 Å². The number of nitrogens with zero attached hydrogens (tertiary/aromatic N) is 5. The van der Waals surface area contributed by atoms with Crippen LogP contribution in [0.15, 0.2) is 48.7 Å². The standard InChI is InChI=1S/C22H17F5N6O2/c23-15-10-13(14(11-16(15)24)22(25,26)27)21(35)33-9-3-8-32(12-33)19-6-5-17(30-31-19)20(34)29-18-4-1-2-7-28-18/h1-2,4-7,10-11H,3,8-9,12H2,(H,28,29,34). The summed E-state index contributed by atoms with van der Waals surface area (Å²) in [5.41, 5.74) is -2.53. The smallest absolute Gasteiger partial charge is 0.337 e. The highest BCUT2D eigenvalue weighted by Crippen LogP contribution is 2.34. The Morgan fingerprint density at radius 2 is 1.74 bits per heavy atom. The highest BCUT2D eigenvalue weighted by molar-refractivity contribution is 6.02. The predicted octanol–water partition coefficient (Wildman–Crippen LogP) is 3.73. The van der Waals surface area contributed by atoms with Crippen molar-refractivity contribution in [1.29, 1.82) is 0 Å². The van der Waals surface area contributed by atoms with Gasteiger partial charge in [0.2, 0.25) is 0 Å². The van der Waals surface area contributed by atoms with Crippen LogP contribution in [0.25, 0.3) is 0 Å². The Morgan fingerprint density at radius 3 is 2.40 bits per heavy atom. The second-order valence-electron chi connectivity index (χ2n) is 7.58. The summed E-state index contributed by atoms with van der Waals surface area (Å²) in [6.07, 6.45) is -3.17. The maximum Gasteiger partial charge on any atom is 0.417 e. The van der Waals surface area contributed by atoms with Crippen LogP contribution in [-0.4, -0.2) is 51.7 Å². The zero-order chi connectivity index (χ0) is 25.2. The first kappa shape index (κ1) is 24.0. The summed E-state index contributed by atoms with van der Waals surface area (Å²) in [6, 6.07) is 8.09. The predicted molar refractivity (Wildman–Crippen MR) is 113 cm³/mol. The molecule has 0 spiro atoms. The summed E-state index contributed by atoms with van der Waals surface area (Å²) in [5.74, 6) is -4.30. The number of hydrogen-bond acceptors (Lipinski definition) is 6. The molecule has 13 heteroatoms. The molecule has 0 atom stereocenters. The van der Waals surface area contributed by atoms with Gasteiger partial charge in [-0.15, -0.1) is 10.2 Å². The van der Waals surface area contributed by atoms with Crippen molar-refractivity contribution in [3.63, 3.8) is 0 Å². The van der Waals surface area contributed by atoms with Gasteiger partial charge in [-0.3, -0.25) is 9.59 Å². The molecular weight excluding hydrogens is 475 g/mol. The average molecular weight is 492 g/mol. The Labute approximate surface area is 195 Å². The van der Waals surface area contributed by atoms with Crippen LogP contribution in [0.4, 0.5) is 33.6 Å². The Balaban J connectivity index is 1.49. The van der Waals surface area contributed by atoms with Crippen molar-refractivity contribution in [1.82, 2.24) is 20.1 Å². The molecule has 0 bridgehead atoms. The lowest BCUT2D eigenvalue weighted by atomic mass is 10.0. The van der Waals surface area contributed by atoms with Gasteiger partial charge >= 0.3 is 6.18 Å². The van der Waals surface area contributed by atoms with E-state index in [0.717, 1.165) is 4.90 Å². The van der Waals surface area contributed by atoms with Crippen molar-refractivity contribution in [2.24, 2.45) is 0 Å². The van der Waals surface area contributed by atoms with E-state index in [0.29, 0.717) is 18.8 Å². The van der Waals surface area contributed by atoms with Gasteiger partial charge in [0.1, 0.15) is 5.82 Å². The largest absolute Gasteiger partial charge is 0.417 e. The number of hydrogen-bond donors (Lipinski definition) is 1. The van der Waals surface area contributed by atoms with E-state index < -0.39 is 40.8 Å². The number of anilines is 2. The molecule has 0 unspecified atom stereocenters. The number of halogens is 5. The fourth-order valence-electron chi connectivity index (χ4n) is 3.51. The van der Waals surface area contributed by atoms with Gasteiger partial charge in [-0.1, -0.05) is 6.07 Å². The fraction of sp³-hybridized carbons (Fsp3) is 0.227. The van der Waals surface area contributed by atoms with Crippen molar-refractivity contribution >= 4 is 23.5 Å². The fourth-order valence-corrected chi connectivity index (χ4v) is 3.51. The minimum absolute atomic E-state index is 0.000881. The zero-order valence-corrected chi connectivity index (χ0v) is 17.9. The summed E-state index contributed by atoms with van der Waals surface area (Å²) in [6.45, 7) is 0.342. The lowest BCUT2D eigenvalue weighted by Gasteiger charge is -2.36. The molecule has 35 heavy (non-hydrogen) atoms. The molecule has 2 aromatic heterocycles. The summed E-state index contributed by atoms with van der Waals surface area (Å²) in [7, 11) is 0. The van der Waals surface area contributed by atoms with E-state index in [-0.39, 0.29) is 36.9 Å². The number of nitrogens with one attached hydrogen (secondary N) is 1. The first-order chi connectivity index (χ1) is 16.6. The highest BCUT2D eigenvalue weighted by atomic mass is 19.4. The van der Waals surface area contributed by atoms with E-state index in [2.05, 4.69) is 20.5 Å². The van der Waals surface area contributed by atoms with Crippen LogP contribution < -0.4 is 10.2 Å². The Bertz CT molecular complexity index is 1240. The zero-order valence-electron chi connectivity index (χ0n) is 17.9. The first-order valence-electron chi connectivity index (χ1n) is 10.3. The number of aromatic nitrogens is 3. The van der Waals surface area contributed by atoms with E-state index in [1.165, 1.54) is 18.3 Å². The van der Waals surface area contributed by atoms with Gasteiger partial charge in [-0.05, 0) is 42.8 Å². The number of rotatable bonds is 4. The molecule has 1 aliphatic heterocycles. The average Bonchev–Trinajstić information content (AvgIpc) is 2.85. The van der Waals surface area contributed by atoms with Crippen LogP contribution in [0.2, 0.25) is 0 Å². The molecule has 0 saturated carbocycles. The number of carbonyl (C=O) groups excluding carboxylic acids is 2. The van der Waals surface area contributed by atoms with Crippen LogP contribution in [0.3, 0.4) is 0 Å². The Hall–Kier alpha value is -4.16. The van der Waals surface area contributed by atoms with Crippen LogP contribution in [0.5, 0.6) is 0 Å². The van der Waals surface area contributed by atoms with Gasteiger partial charge in [-0.2, -0.15) is 13.2 Å². The third-order valence-corrected chi connectivity index (χ3v) is 5.19. The van der Waals surface area contributed by atoms with Gasteiger partial charge in [0, 0.05) is 19.3 Å². The molecule has 2 amide bonds. The molecule has 8 nitrogen and oxygen atoms in total. The quantitative estimate of drug-likeness (QED) is 0.559. The normalized spacial score (nSPS) is 14.1. The van der Waals surface area contributed by atoms with Crippen LogP contribution >= 0.6 is 0 Å². The van der Waals surface area contributed by atoms with E-state index in [9.17, 15) is 31.5 Å². The molecule has 182 valence electrons. The van der Waals surface area contributed by atoms with E-state index in [1.54, 1.807) is 23.1 Å². The van der Waals surface area contributed by atoms with Gasteiger partial charge in [0.25, 0.3) is 11.8 Å². The molecule has 1 aliphatic rings. The van der Waals surface area contributed by atoms with Gasteiger partial charge in [0.15, 0.2) is 23.1 Å². The molecule has 3 heterocycles. The SMILES string of the molecule is O=C(Nc1ccccn1)c1ccc(N2CCCN(C(=O)c3cc(F)c(F)cc3C(F)(F)F)C2)nn1. The maximum atomic E-state index is 13.7. The number of pyridine rings is 1. The van der Waals surface area contributed by atoms with Crippen molar-refractivity contribution < 1.29 is 31.5 Å². The van der Waals surface area contributed by atoms with Crippen molar-refractivity contribution in [2.75, 3.05) is 30.0 Å².